The summed E-state index contributed by atoms with van der Waals surface area (Å²) < 4.78 is 32.0. The molecule has 3 rings (SSSR count). The van der Waals surface area contributed by atoms with E-state index in [0.717, 1.165) is 5.57 Å². The highest BCUT2D eigenvalue weighted by Gasteiger charge is 2.44. The molecule has 6 heteroatoms. The maximum atomic E-state index is 13.1. The van der Waals surface area contributed by atoms with E-state index in [-0.39, 0.29) is 16.2 Å². The molecule has 5 nitrogen and oxygen atoms in total. The standard InChI is InChI=1S/C20H23N2O3S/c1-2-26(23,24)22(14-8-9-17(15-21)16-22)19-12-6-7-13-20(19)25-18-10-4-3-5-11-18/h3-13,16H,2,14-15,21H2,1H3/q+1. The predicted octanol–water partition coefficient (Wildman–Crippen LogP) is 3.55. The van der Waals surface area contributed by atoms with Gasteiger partial charge < -0.3 is 10.5 Å². The minimum atomic E-state index is -3.52. The lowest BCUT2D eigenvalue weighted by Crippen LogP contribution is -2.51. The first-order valence-corrected chi connectivity index (χ1v) is 10.1. The van der Waals surface area contributed by atoms with Gasteiger partial charge in [0.15, 0.2) is 11.4 Å². The summed E-state index contributed by atoms with van der Waals surface area (Å²) in [4.78, 5) is 0. The van der Waals surface area contributed by atoms with Crippen LogP contribution in [0, 0.1) is 0 Å². The van der Waals surface area contributed by atoms with Crippen molar-refractivity contribution in [3.8, 4) is 11.5 Å². The van der Waals surface area contributed by atoms with Gasteiger partial charge in [-0.3, -0.25) is 0 Å². The first-order valence-electron chi connectivity index (χ1n) is 8.54. The summed E-state index contributed by atoms with van der Waals surface area (Å²) in [5.74, 6) is 1.18. The molecule has 1 aliphatic heterocycles. The van der Waals surface area contributed by atoms with Crippen molar-refractivity contribution in [2.45, 2.75) is 6.92 Å². The largest absolute Gasteiger partial charge is 0.451 e. The Bertz CT molecular complexity index is 937. The van der Waals surface area contributed by atoms with Gasteiger partial charge in [0.1, 0.15) is 18.5 Å². The van der Waals surface area contributed by atoms with Gasteiger partial charge in [0.25, 0.3) is 0 Å². The Kier molecular flexibility index (Phi) is 5.27. The van der Waals surface area contributed by atoms with E-state index in [9.17, 15) is 8.42 Å². The quantitative estimate of drug-likeness (QED) is 0.789. The Balaban J connectivity index is 2.18. The van der Waals surface area contributed by atoms with Gasteiger partial charge in [0, 0.05) is 18.2 Å². The predicted molar refractivity (Wildman–Crippen MR) is 105 cm³/mol. The molecule has 0 fully saturated rings. The molecule has 1 heterocycles. The normalized spacial score (nSPS) is 19.8. The third-order valence-corrected chi connectivity index (χ3v) is 6.60. The van der Waals surface area contributed by atoms with Crippen molar-refractivity contribution in [1.82, 2.24) is 3.89 Å². The van der Waals surface area contributed by atoms with Crippen molar-refractivity contribution < 1.29 is 13.2 Å². The maximum absolute atomic E-state index is 13.1. The van der Waals surface area contributed by atoms with Crippen molar-refractivity contribution in [1.29, 1.82) is 0 Å². The molecule has 136 valence electrons. The molecule has 0 spiro atoms. The number of benzene rings is 2. The average Bonchev–Trinajstić information content (AvgIpc) is 2.69. The van der Waals surface area contributed by atoms with Gasteiger partial charge in [0.05, 0.1) is 5.75 Å². The van der Waals surface area contributed by atoms with Crippen LogP contribution in [0.4, 0.5) is 5.69 Å². The highest BCUT2D eigenvalue weighted by atomic mass is 32.2. The molecule has 2 N–H and O–H groups in total. The Labute approximate surface area is 154 Å². The Morgan fingerprint density at radius 3 is 2.46 bits per heavy atom. The lowest BCUT2D eigenvalue weighted by atomic mass is 10.1. The molecule has 0 aromatic heterocycles. The van der Waals surface area contributed by atoms with Crippen LogP contribution in [0.2, 0.25) is 0 Å². The van der Waals surface area contributed by atoms with Crippen LogP contribution in [-0.4, -0.2) is 27.3 Å². The maximum Gasteiger partial charge on any atom is 0.306 e. The fraction of sp³-hybridized carbons (Fsp3) is 0.200. The number of para-hydroxylation sites is 3. The van der Waals surface area contributed by atoms with Crippen LogP contribution in [-0.2, 0) is 10.0 Å². The molecule has 1 unspecified atom stereocenters. The van der Waals surface area contributed by atoms with Crippen LogP contribution in [0.1, 0.15) is 6.92 Å². The van der Waals surface area contributed by atoms with E-state index in [1.807, 2.05) is 54.6 Å². The smallest absolute Gasteiger partial charge is 0.306 e. The summed E-state index contributed by atoms with van der Waals surface area (Å²) in [6.07, 6.45) is 5.46. The van der Waals surface area contributed by atoms with Crippen LogP contribution >= 0.6 is 0 Å². The Morgan fingerprint density at radius 1 is 1.08 bits per heavy atom. The van der Waals surface area contributed by atoms with Gasteiger partial charge >= 0.3 is 10.0 Å². The Hall–Kier alpha value is -2.41. The second kappa shape index (κ2) is 7.45. The third kappa shape index (κ3) is 3.31. The number of nitrogens with zero attached hydrogens (tertiary/aromatic N) is 1. The van der Waals surface area contributed by atoms with Crippen LogP contribution in [0.5, 0.6) is 11.5 Å². The molecule has 0 aliphatic carbocycles. The number of rotatable bonds is 6. The van der Waals surface area contributed by atoms with Crippen molar-refractivity contribution in [3.05, 3.63) is 78.5 Å². The topological polar surface area (TPSA) is 69.4 Å². The summed E-state index contributed by atoms with van der Waals surface area (Å²) in [5.41, 5.74) is 7.15. The molecule has 1 aliphatic rings. The lowest BCUT2D eigenvalue weighted by molar-refractivity contribution is 0.457. The van der Waals surface area contributed by atoms with E-state index in [1.54, 1.807) is 25.3 Å². The third-order valence-electron chi connectivity index (χ3n) is 4.42. The summed E-state index contributed by atoms with van der Waals surface area (Å²) in [7, 11) is -3.52. The first kappa shape index (κ1) is 18.4. The molecule has 1 atom stereocenters. The van der Waals surface area contributed by atoms with E-state index in [4.69, 9.17) is 10.5 Å². The highest BCUT2D eigenvalue weighted by molar-refractivity contribution is 7.91. The van der Waals surface area contributed by atoms with E-state index in [2.05, 4.69) is 0 Å². The molecule has 0 saturated heterocycles. The minimum Gasteiger partial charge on any atom is -0.451 e. The molecule has 0 bridgehead atoms. The van der Waals surface area contributed by atoms with Gasteiger partial charge in [-0.15, -0.1) is 0 Å². The summed E-state index contributed by atoms with van der Waals surface area (Å²) in [5, 5.41) is 0. The first-order chi connectivity index (χ1) is 12.5. The highest BCUT2D eigenvalue weighted by Crippen LogP contribution is 2.41. The number of sulfonamides is 1. The minimum absolute atomic E-state index is 0.00879. The van der Waals surface area contributed by atoms with E-state index in [0.29, 0.717) is 23.7 Å². The number of ether oxygens (including phenoxy) is 1. The summed E-state index contributed by atoms with van der Waals surface area (Å²) in [6.45, 7) is 2.23. The van der Waals surface area contributed by atoms with Crippen molar-refractivity contribution in [2.75, 3.05) is 18.8 Å². The zero-order valence-electron chi connectivity index (χ0n) is 14.7. The molecular weight excluding hydrogens is 348 g/mol. The molecular formula is C20H23N2O3S+. The number of quaternary nitrogens is 1. The second-order valence-electron chi connectivity index (χ2n) is 6.04. The fourth-order valence-corrected chi connectivity index (χ4v) is 4.58. The van der Waals surface area contributed by atoms with Crippen LogP contribution < -0.4 is 14.4 Å². The average molecular weight is 371 g/mol. The van der Waals surface area contributed by atoms with Crippen LogP contribution in [0.3, 0.4) is 0 Å². The second-order valence-corrected chi connectivity index (χ2v) is 8.43. The number of hydrogen-bond acceptors (Lipinski definition) is 4. The molecule has 0 radical (unpaired) electrons. The van der Waals surface area contributed by atoms with E-state index in [1.165, 1.54) is 0 Å². The fourth-order valence-electron chi connectivity index (χ4n) is 3.06. The monoisotopic (exact) mass is 371 g/mol. The Morgan fingerprint density at radius 2 is 1.77 bits per heavy atom. The number of nitrogens with two attached hydrogens (primary N) is 1. The van der Waals surface area contributed by atoms with E-state index >= 15 is 0 Å². The molecule has 2 aromatic carbocycles. The van der Waals surface area contributed by atoms with E-state index < -0.39 is 10.0 Å². The lowest BCUT2D eigenvalue weighted by Gasteiger charge is -2.34. The molecule has 2 aromatic rings. The molecule has 0 amide bonds. The zero-order chi connectivity index (χ0) is 18.6. The zero-order valence-corrected chi connectivity index (χ0v) is 15.5. The van der Waals surface area contributed by atoms with Gasteiger partial charge in [-0.2, -0.15) is 12.3 Å². The van der Waals surface area contributed by atoms with Crippen molar-refractivity contribution in [3.63, 3.8) is 0 Å². The van der Waals surface area contributed by atoms with Gasteiger partial charge in [-0.1, -0.05) is 36.4 Å². The van der Waals surface area contributed by atoms with Crippen molar-refractivity contribution >= 4 is 15.7 Å². The van der Waals surface area contributed by atoms with Gasteiger partial charge in [-0.05, 0) is 31.2 Å². The van der Waals surface area contributed by atoms with Crippen LogP contribution in [0.15, 0.2) is 78.5 Å². The van der Waals surface area contributed by atoms with Gasteiger partial charge in [0.2, 0.25) is 0 Å². The van der Waals surface area contributed by atoms with Gasteiger partial charge in [-0.25, -0.2) is 0 Å². The SMILES string of the molecule is CCS(=O)(=O)[N+]1(c2ccccc2Oc2ccccc2)C=C(CN)C=CC1. The van der Waals surface area contributed by atoms with Crippen LogP contribution in [0.25, 0.3) is 0 Å². The molecule has 26 heavy (non-hydrogen) atoms. The summed E-state index contributed by atoms with van der Waals surface area (Å²) >= 11 is 0. The number of hydrogen-bond donors (Lipinski definition) is 1. The van der Waals surface area contributed by atoms with Crippen molar-refractivity contribution in [2.24, 2.45) is 5.73 Å². The molecule has 0 saturated carbocycles. The summed E-state index contributed by atoms with van der Waals surface area (Å²) in [6, 6.07) is 16.6.